The highest BCUT2D eigenvalue weighted by Gasteiger charge is 2.25. The van der Waals surface area contributed by atoms with Crippen LogP contribution in [-0.4, -0.2) is 0 Å². The molecule has 0 amide bonds. The molecule has 16 rings (SSSR count). The van der Waals surface area contributed by atoms with E-state index >= 15 is 0 Å². The fraction of sp³-hybridized carbons (Fsp3) is 0.0263. The van der Waals surface area contributed by atoms with Crippen LogP contribution in [0.5, 0.6) is 0 Å². The summed E-state index contributed by atoms with van der Waals surface area (Å²) in [6.45, 7) is 4.38. The first-order chi connectivity index (χ1) is 40.0. The molecule has 382 valence electrons. The molecule has 3 aromatic heterocycles. The third-order valence-electron chi connectivity index (χ3n) is 16.4. The zero-order valence-corrected chi connectivity index (χ0v) is 44.5. The highest BCUT2D eigenvalue weighted by Crippen LogP contribution is 2.50. The van der Waals surface area contributed by atoms with E-state index in [0.29, 0.717) is 0 Å². The van der Waals surface area contributed by atoms with Gasteiger partial charge in [-0.1, -0.05) is 170 Å². The molecule has 0 radical (unpaired) electrons. The van der Waals surface area contributed by atoms with Crippen LogP contribution < -0.4 is 9.80 Å². The standard InChI is InChI=1S/C76H50N2O3/c1-47-30-32-53(49-18-7-3-8-19-49)42-67(47)77(57-22-11-5-12-23-57)59-36-34-51-40-65-70(44-55(51)38-59)79-72-46-64(63-28-17-27-62-61-26-15-16-29-69(61)80-75(62)63)76-74(73(65)72)66-41-52-35-37-60(39-56(52)45-71(66)81-76)78(58-24-13-6-14-25-58)68-43-54(33-31-48(68)2)50-20-9-4-10-21-50/h3-46H,1-2H3. The number of furan rings is 3. The summed E-state index contributed by atoms with van der Waals surface area (Å²) in [6, 6.07) is 95.4. The number of hydrogen-bond acceptors (Lipinski definition) is 5. The van der Waals surface area contributed by atoms with Crippen LogP contribution in [0, 0.1) is 13.8 Å². The Morgan fingerprint density at radius 1 is 0.259 bits per heavy atom. The summed E-state index contributed by atoms with van der Waals surface area (Å²) in [4.78, 5) is 4.74. The van der Waals surface area contributed by atoms with Crippen LogP contribution >= 0.6 is 0 Å². The van der Waals surface area contributed by atoms with Crippen LogP contribution in [0.15, 0.2) is 280 Å². The number of nitrogens with zero attached hydrogens (tertiary/aromatic N) is 2. The Hall–Kier alpha value is -10.6. The average Bonchev–Trinajstić information content (AvgIpc) is 3.95. The van der Waals surface area contributed by atoms with Gasteiger partial charge in [-0.3, -0.25) is 0 Å². The highest BCUT2D eigenvalue weighted by atomic mass is 16.3. The summed E-state index contributed by atoms with van der Waals surface area (Å²) in [5.41, 5.74) is 20.2. The summed E-state index contributed by atoms with van der Waals surface area (Å²) in [7, 11) is 0. The number of benzene rings is 13. The smallest absolute Gasteiger partial charge is 0.144 e. The van der Waals surface area contributed by atoms with Crippen molar-refractivity contribution < 1.29 is 13.3 Å². The molecule has 0 aliphatic heterocycles. The second-order valence-corrected chi connectivity index (χ2v) is 21.3. The molecular weight excluding hydrogens is 989 g/mol. The van der Waals surface area contributed by atoms with E-state index in [-0.39, 0.29) is 0 Å². The molecule has 3 heterocycles. The number of rotatable bonds is 9. The summed E-state index contributed by atoms with van der Waals surface area (Å²) < 4.78 is 21.2. The normalized spacial score (nSPS) is 11.8. The highest BCUT2D eigenvalue weighted by molar-refractivity contribution is 6.31. The molecule has 0 fully saturated rings. The van der Waals surface area contributed by atoms with Gasteiger partial charge in [0.05, 0.1) is 0 Å². The predicted octanol–water partition coefficient (Wildman–Crippen LogP) is 22.2. The fourth-order valence-corrected chi connectivity index (χ4v) is 12.4. The lowest BCUT2D eigenvalue weighted by Crippen LogP contribution is -2.11. The monoisotopic (exact) mass is 1040 g/mol. The van der Waals surface area contributed by atoms with Crippen molar-refractivity contribution in [3.63, 3.8) is 0 Å². The van der Waals surface area contributed by atoms with Crippen molar-refractivity contribution in [3.8, 4) is 33.4 Å². The van der Waals surface area contributed by atoms with E-state index in [4.69, 9.17) is 13.3 Å². The lowest BCUT2D eigenvalue weighted by molar-refractivity contribution is 0.662. The third-order valence-corrected chi connectivity index (χ3v) is 16.4. The summed E-state index contributed by atoms with van der Waals surface area (Å²) >= 11 is 0. The molecule has 0 atom stereocenters. The van der Waals surface area contributed by atoms with E-state index in [1.54, 1.807) is 0 Å². The van der Waals surface area contributed by atoms with Crippen LogP contribution in [0.2, 0.25) is 0 Å². The van der Waals surface area contributed by atoms with Gasteiger partial charge < -0.3 is 23.1 Å². The molecular formula is C76H50N2O3. The SMILES string of the molecule is Cc1ccc(-c2ccccc2)cc1N(c1ccccc1)c1ccc2cc3c(cc2c1)oc1cc(-c2cccc4c2oc2ccccc24)c2oc4cc5cc(N(c6ccccc6)c6cc(-c7ccccc7)ccc6C)ccc5cc4c2c13. The Morgan fingerprint density at radius 2 is 0.753 bits per heavy atom. The molecule has 13 aromatic carbocycles. The molecule has 16 aromatic rings. The second kappa shape index (κ2) is 18.5. The van der Waals surface area contributed by atoms with E-state index < -0.39 is 0 Å². The lowest BCUT2D eigenvalue weighted by Gasteiger charge is -2.28. The van der Waals surface area contributed by atoms with Gasteiger partial charge in [-0.05, 0) is 166 Å². The largest absolute Gasteiger partial charge is 0.456 e. The van der Waals surface area contributed by atoms with Gasteiger partial charge >= 0.3 is 0 Å². The quantitative estimate of drug-likeness (QED) is 0.144. The maximum absolute atomic E-state index is 7.31. The van der Waals surface area contributed by atoms with Crippen LogP contribution in [0.25, 0.3) is 121 Å². The van der Waals surface area contributed by atoms with E-state index in [2.05, 4.69) is 278 Å². The van der Waals surface area contributed by atoms with Crippen molar-refractivity contribution in [2.45, 2.75) is 13.8 Å². The molecule has 81 heavy (non-hydrogen) atoms. The molecule has 5 heteroatoms. The van der Waals surface area contributed by atoms with Gasteiger partial charge in [0.1, 0.15) is 33.5 Å². The Morgan fingerprint density at radius 3 is 1.33 bits per heavy atom. The van der Waals surface area contributed by atoms with Crippen LogP contribution in [-0.2, 0) is 0 Å². The van der Waals surface area contributed by atoms with Crippen molar-refractivity contribution in [2.24, 2.45) is 0 Å². The minimum absolute atomic E-state index is 0.778. The predicted molar refractivity (Wildman–Crippen MR) is 338 cm³/mol. The van der Waals surface area contributed by atoms with E-state index in [0.717, 1.165) is 138 Å². The minimum atomic E-state index is 0.778. The average molecular weight is 1040 g/mol. The van der Waals surface area contributed by atoms with E-state index in [1.807, 2.05) is 12.1 Å². The third kappa shape index (κ3) is 7.69. The zero-order chi connectivity index (χ0) is 53.7. The van der Waals surface area contributed by atoms with Crippen molar-refractivity contribution in [3.05, 3.63) is 278 Å². The maximum Gasteiger partial charge on any atom is 0.144 e. The number of hydrogen-bond donors (Lipinski definition) is 0. The molecule has 0 spiro atoms. The Bertz CT molecular complexity index is 5130. The lowest BCUT2D eigenvalue weighted by atomic mass is 9.95. The van der Waals surface area contributed by atoms with Crippen molar-refractivity contribution in [1.29, 1.82) is 0 Å². The first kappa shape index (κ1) is 46.5. The summed E-state index contributed by atoms with van der Waals surface area (Å²) in [6.07, 6.45) is 0. The van der Waals surface area contributed by atoms with Gasteiger partial charge in [-0.15, -0.1) is 0 Å². The number of fused-ring (bicyclic) bond motifs is 12. The van der Waals surface area contributed by atoms with E-state index in [9.17, 15) is 0 Å². The summed E-state index contributed by atoms with van der Waals surface area (Å²) in [5.74, 6) is 0. The van der Waals surface area contributed by atoms with Crippen molar-refractivity contribution in [2.75, 3.05) is 9.80 Å². The molecule has 0 N–H and O–H groups in total. The Labute approximate surface area is 467 Å². The van der Waals surface area contributed by atoms with Crippen molar-refractivity contribution >= 4 is 121 Å². The van der Waals surface area contributed by atoms with Crippen molar-refractivity contribution in [1.82, 2.24) is 0 Å². The fourth-order valence-electron chi connectivity index (χ4n) is 12.4. The molecule has 0 unspecified atom stereocenters. The first-order valence-corrected chi connectivity index (χ1v) is 27.6. The number of anilines is 6. The first-order valence-electron chi connectivity index (χ1n) is 27.6. The van der Waals surface area contributed by atoms with Crippen LogP contribution in [0.4, 0.5) is 34.1 Å². The molecule has 5 nitrogen and oxygen atoms in total. The molecule has 0 saturated carbocycles. The number of aryl methyl sites for hydroxylation is 2. The van der Waals surface area contributed by atoms with Gasteiger partial charge in [-0.25, -0.2) is 0 Å². The number of para-hydroxylation sites is 4. The van der Waals surface area contributed by atoms with Crippen LogP contribution in [0.3, 0.4) is 0 Å². The Balaban J connectivity index is 0.901. The maximum atomic E-state index is 7.31. The molecule has 0 aliphatic carbocycles. The van der Waals surface area contributed by atoms with Gasteiger partial charge in [0.25, 0.3) is 0 Å². The summed E-state index contributed by atoms with van der Waals surface area (Å²) in [5, 5.41) is 10.6. The molecule has 0 saturated heterocycles. The zero-order valence-electron chi connectivity index (χ0n) is 44.5. The molecule has 0 aliphatic rings. The molecule has 0 bridgehead atoms. The van der Waals surface area contributed by atoms with E-state index in [1.165, 1.54) is 27.8 Å². The second-order valence-electron chi connectivity index (χ2n) is 21.3. The minimum Gasteiger partial charge on any atom is -0.456 e. The van der Waals surface area contributed by atoms with Gasteiger partial charge in [-0.2, -0.15) is 0 Å². The van der Waals surface area contributed by atoms with Crippen LogP contribution in [0.1, 0.15) is 11.1 Å². The van der Waals surface area contributed by atoms with Gasteiger partial charge in [0.2, 0.25) is 0 Å². The van der Waals surface area contributed by atoms with Gasteiger partial charge in [0.15, 0.2) is 0 Å². The Kier molecular flexibility index (Phi) is 10.6. The topological polar surface area (TPSA) is 45.9 Å². The van der Waals surface area contributed by atoms with Gasteiger partial charge in [0, 0.05) is 77.6 Å².